The van der Waals surface area contributed by atoms with Crippen LogP contribution < -0.4 is 14.8 Å². The van der Waals surface area contributed by atoms with Crippen LogP contribution in [0.3, 0.4) is 0 Å². The third-order valence-electron chi connectivity index (χ3n) is 3.85. The molecule has 0 atom stereocenters. The van der Waals surface area contributed by atoms with Crippen molar-refractivity contribution in [3.05, 3.63) is 62.0 Å². The van der Waals surface area contributed by atoms with Crippen molar-refractivity contribution in [2.75, 3.05) is 13.7 Å². The lowest BCUT2D eigenvalue weighted by molar-refractivity contribution is -0.384. The van der Waals surface area contributed by atoms with Crippen molar-refractivity contribution < 1.29 is 29.1 Å². The molecule has 31 heavy (non-hydrogen) atoms. The van der Waals surface area contributed by atoms with E-state index in [1.807, 2.05) is 0 Å². The number of benzene rings is 2. The molecule has 1 aliphatic rings. The standard InChI is InChI=1S/C19H14ClN3O7S/c1-29-15-6-10(2-5-14(15)30-9-17(24)25)7-16-18(26)22-19(31-16)21-13-4-3-11(23(27)28)8-12(13)20/h2-8H,9H2,1H3,(H,24,25)(H,21,22,26)/b16-7+. The molecule has 0 aromatic heterocycles. The van der Waals surface area contributed by atoms with Crippen molar-refractivity contribution in [2.24, 2.45) is 4.99 Å². The highest BCUT2D eigenvalue weighted by atomic mass is 35.5. The van der Waals surface area contributed by atoms with Gasteiger partial charge in [0, 0.05) is 12.1 Å². The zero-order chi connectivity index (χ0) is 22.5. The van der Waals surface area contributed by atoms with Gasteiger partial charge in [0.2, 0.25) is 0 Å². The van der Waals surface area contributed by atoms with Crippen LogP contribution in [0.15, 0.2) is 46.3 Å². The fraction of sp³-hybridized carbons (Fsp3) is 0.105. The monoisotopic (exact) mass is 463 g/mol. The molecule has 2 N–H and O–H groups in total. The number of hydrogen-bond donors (Lipinski definition) is 2. The second-order valence-electron chi connectivity index (χ2n) is 5.97. The van der Waals surface area contributed by atoms with E-state index in [0.29, 0.717) is 16.2 Å². The number of nitrogens with zero attached hydrogens (tertiary/aromatic N) is 2. The highest BCUT2D eigenvalue weighted by Crippen LogP contribution is 2.34. The number of methoxy groups -OCH3 is 1. The van der Waals surface area contributed by atoms with Crippen molar-refractivity contribution in [3.8, 4) is 11.5 Å². The van der Waals surface area contributed by atoms with E-state index in [0.717, 1.165) is 11.8 Å². The van der Waals surface area contributed by atoms with E-state index >= 15 is 0 Å². The predicted molar refractivity (Wildman–Crippen MR) is 115 cm³/mol. The van der Waals surface area contributed by atoms with Gasteiger partial charge in [-0.25, -0.2) is 9.79 Å². The van der Waals surface area contributed by atoms with E-state index in [4.69, 9.17) is 26.2 Å². The molecule has 0 radical (unpaired) electrons. The van der Waals surface area contributed by atoms with Crippen LogP contribution in [0, 0.1) is 10.1 Å². The summed E-state index contributed by atoms with van der Waals surface area (Å²) in [5.41, 5.74) is 0.729. The molecule has 0 aliphatic carbocycles. The minimum atomic E-state index is -1.12. The number of non-ortho nitro benzene ring substituents is 1. The number of carbonyl (C=O) groups excluding carboxylic acids is 1. The first-order valence-corrected chi connectivity index (χ1v) is 9.72. The molecule has 1 heterocycles. The van der Waals surface area contributed by atoms with Crippen molar-refractivity contribution in [1.82, 2.24) is 5.32 Å². The summed E-state index contributed by atoms with van der Waals surface area (Å²) in [6.45, 7) is -0.514. The van der Waals surface area contributed by atoms with Crippen LogP contribution in [0.25, 0.3) is 6.08 Å². The van der Waals surface area contributed by atoms with Gasteiger partial charge in [-0.05, 0) is 41.6 Å². The highest BCUT2D eigenvalue weighted by Gasteiger charge is 2.24. The lowest BCUT2D eigenvalue weighted by atomic mass is 10.2. The van der Waals surface area contributed by atoms with Gasteiger partial charge in [-0.2, -0.15) is 0 Å². The van der Waals surface area contributed by atoms with Crippen molar-refractivity contribution in [2.45, 2.75) is 0 Å². The van der Waals surface area contributed by atoms with Gasteiger partial charge in [0.1, 0.15) is 0 Å². The summed E-state index contributed by atoms with van der Waals surface area (Å²) < 4.78 is 10.4. The van der Waals surface area contributed by atoms with Gasteiger partial charge in [-0.15, -0.1) is 0 Å². The number of aliphatic imine (C=N–C) groups is 1. The molecule has 1 saturated heterocycles. The van der Waals surface area contributed by atoms with Crippen LogP contribution in [0.5, 0.6) is 11.5 Å². The number of rotatable bonds is 7. The first-order valence-electron chi connectivity index (χ1n) is 8.53. The number of nitrogens with one attached hydrogen (secondary N) is 1. The number of nitro benzene ring substituents is 1. The van der Waals surface area contributed by atoms with Gasteiger partial charge in [0.05, 0.1) is 27.6 Å². The molecule has 0 spiro atoms. The molecule has 1 aliphatic heterocycles. The van der Waals surface area contributed by atoms with Gasteiger partial charge in [0.25, 0.3) is 11.6 Å². The lowest BCUT2D eigenvalue weighted by Gasteiger charge is -2.09. The smallest absolute Gasteiger partial charge is 0.341 e. The Morgan fingerprint density at radius 1 is 1.32 bits per heavy atom. The minimum absolute atomic E-state index is 0.0793. The highest BCUT2D eigenvalue weighted by molar-refractivity contribution is 8.18. The van der Waals surface area contributed by atoms with E-state index in [1.165, 1.54) is 31.4 Å². The molecule has 1 amide bonds. The zero-order valence-electron chi connectivity index (χ0n) is 15.8. The summed E-state index contributed by atoms with van der Waals surface area (Å²) in [4.78, 5) is 37.8. The van der Waals surface area contributed by atoms with Crippen LogP contribution in [-0.4, -0.2) is 40.8 Å². The number of carboxylic acid groups (broad SMARTS) is 1. The average molecular weight is 464 g/mol. The molecule has 1 fully saturated rings. The Kier molecular flexibility index (Phi) is 6.78. The molecule has 10 nitrogen and oxygen atoms in total. The van der Waals surface area contributed by atoms with Gasteiger partial charge in [-0.3, -0.25) is 14.9 Å². The predicted octanol–water partition coefficient (Wildman–Crippen LogP) is 3.61. The Labute approximate surface area is 184 Å². The number of carbonyl (C=O) groups is 2. The molecule has 2 aromatic rings. The summed E-state index contributed by atoms with van der Waals surface area (Å²) in [6.07, 6.45) is 1.60. The maximum absolute atomic E-state index is 12.3. The molecule has 160 valence electrons. The second-order valence-corrected chi connectivity index (χ2v) is 7.41. The van der Waals surface area contributed by atoms with Crippen molar-refractivity contribution >= 4 is 57.9 Å². The summed E-state index contributed by atoms with van der Waals surface area (Å²) >= 11 is 7.10. The normalized spacial score (nSPS) is 15.7. The van der Waals surface area contributed by atoms with Gasteiger partial charge < -0.3 is 19.9 Å². The van der Waals surface area contributed by atoms with Gasteiger partial charge >= 0.3 is 5.97 Å². The number of thioether (sulfide) groups is 1. The number of ether oxygens (including phenoxy) is 2. The Bertz CT molecular complexity index is 1130. The lowest BCUT2D eigenvalue weighted by Crippen LogP contribution is -2.19. The number of aliphatic carboxylic acids is 1. The molecule has 0 saturated carbocycles. The first kappa shape index (κ1) is 22.1. The van der Waals surface area contributed by atoms with E-state index in [9.17, 15) is 19.7 Å². The summed E-state index contributed by atoms with van der Waals surface area (Å²) in [5, 5.41) is 22.5. The summed E-state index contributed by atoms with van der Waals surface area (Å²) in [5.74, 6) is -0.935. The molecular weight excluding hydrogens is 450 g/mol. The molecule has 3 rings (SSSR count). The van der Waals surface area contributed by atoms with Crippen LogP contribution in [-0.2, 0) is 9.59 Å². The van der Waals surface area contributed by atoms with E-state index in [-0.39, 0.29) is 33.2 Å². The number of carboxylic acids is 1. The largest absolute Gasteiger partial charge is 0.493 e. The van der Waals surface area contributed by atoms with E-state index in [2.05, 4.69) is 10.3 Å². The van der Waals surface area contributed by atoms with E-state index in [1.54, 1.807) is 18.2 Å². The number of nitro groups is 1. The molecule has 2 aromatic carbocycles. The van der Waals surface area contributed by atoms with Crippen LogP contribution >= 0.6 is 23.4 Å². The third-order valence-corrected chi connectivity index (χ3v) is 5.06. The Balaban J connectivity index is 1.80. The van der Waals surface area contributed by atoms with Crippen LogP contribution in [0.4, 0.5) is 11.4 Å². The zero-order valence-corrected chi connectivity index (χ0v) is 17.4. The van der Waals surface area contributed by atoms with Crippen molar-refractivity contribution in [3.63, 3.8) is 0 Å². The van der Waals surface area contributed by atoms with Gasteiger partial charge in [-0.1, -0.05) is 17.7 Å². The quantitative estimate of drug-likeness (QED) is 0.360. The van der Waals surface area contributed by atoms with E-state index < -0.39 is 17.5 Å². The maximum Gasteiger partial charge on any atom is 0.341 e. The van der Waals surface area contributed by atoms with Crippen molar-refractivity contribution in [1.29, 1.82) is 0 Å². The Morgan fingerprint density at radius 2 is 2.10 bits per heavy atom. The Morgan fingerprint density at radius 3 is 2.74 bits per heavy atom. The average Bonchev–Trinajstić information content (AvgIpc) is 3.06. The number of amides is 1. The fourth-order valence-electron chi connectivity index (χ4n) is 2.47. The van der Waals surface area contributed by atoms with Crippen LogP contribution in [0.1, 0.15) is 5.56 Å². The topological polar surface area (TPSA) is 140 Å². The minimum Gasteiger partial charge on any atom is -0.493 e. The summed E-state index contributed by atoms with van der Waals surface area (Å²) in [6, 6.07) is 8.62. The number of hydrogen-bond acceptors (Lipinski definition) is 8. The molecular formula is C19H14ClN3O7S. The molecule has 0 bridgehead atoms. The summed E-state index contributed by atoms with van der Waals surface area (Å²) in [7, 11) is 1.41. The molecule has 12 heteroatoms. The SMILES string of the molecule is COc1cc(/C=C2/SC(=Nc3ccc([N+](=O)[O-])cc3Cl)NC2=O)ccc1OCC(=O)O. The third kappa shape index (κ3) is 5.53. The second kappa shape index (κ2) is 9.49. The first-order chi connectivity index (χ1) is 14.8. The number of amidine groups is 1. The Hall–Kier alpha value is -3.57. The van der Waals surface area contributed by atoms with Crippen LogP contribution in [0.2, 0.25) is 5.02 Å². The molecule has 0 unspecified atom stereocenters. The maximum atomic E-state index is 12.3. The fourth-order valence-corrected chi connectivity index (χ4v) is 3.53. The van der Waals surface area contributed by atoms with Gasteiger partial charge in [0.15, 0.2) is 23.3 Å². The number of halogens is 1.